The van der Waals surface area contributed by atoms with E-state index in [1.54, 1.807) is 0 Å². The topological polar surface area (TPSA) is 6.48 Å². The zero-order chi connectivity index (χ0) is 51.8. The zero-order valence-corrected chi connectivity index (χ0v) is 42.9. The highest BCUT2D eigenvalue weighted by molar-refractivity contribution is 6.00. The fourth-order valence-electron chi connectivity index (χ4n) is 11.5. The maximum Gasteiger partial charge on any atom is 0.0540 e. The molecule has 0 fully saturated rings. The largest absolute Gasteiger partial charge is 0.309 e. The SMILES string of the molecule is c1ccc(N(c2ccc(-c3ccc(N(c4ccccc4-c4ccc5ccccc5c4)c4ccccc4-c4ccc5ccccc5c4)cc3)cc2)c2ccccc2-c2ccc3ccccc3c2)c(-c2ccc3ccccc3c2)c1. The Morgan fingerprint density at radius 2 is 0.359 bits per heavy atom. The second kappa shape index (κ2) is 20.1. The Morgan fingerprint density at radius 3 is 0.615 bits per heavy atom. The molecule has 0 spiro atoms. The van der Waals surface area contributed by atoms with Crippen LogP contribution in [0.2, 0.25) is 0 Å². The number of nitrogens with zero attached hydrogens (tertiary/aromatic N) is 2. The lowest BCUT2D eigenvalue weighted by Gasteiger charge is -2.30. The van der Waals surface area contributed by atoms with Crippen molar-refractivity contribution in [1.29, 1.82) is 0 Å². The van der Waals surface area contributed by atoms with E-state index in [2.05, 4.69) is 325 Å². The van der Waals surface area contributed by atoms with Gasteiger partial charge in [-0.2, -0.15) is 0 Å². The van der Waals surface area contributed by atoms with E-state index in [0.717, 1.165) is 67.5 Å². The van der Waals surface area contributed by atoms with Crippen LogP contribution in [-0.2, 0) is 0 Å². The minimum Gasteiger partial charge on any atom is -0.309 e. The van der Waals surface area contributed by atoms with Crippen molar-refractivity contribution in [2.75, 3.05) is 9.80 Å². The standard InChI is InChI=1S/C76H52N2/c1-5-21-59-49-63(37-33-53(59)17-1)69-25-9-13-29-73(69)77(74-30-14-10-26-70(74)64-38-34-54-18-2-6-22-60(54)50-64)67-45-41-57(42-46-67)58-43-47-68(48-44-58)78(75-31-15-11-27-71(75)65-39-35-55-19-3-7-23-61(55)51-65)76-32-16-12-28-72(76)66-40-36-56-20-4-8-24-62(56)52-66/h1-52H. The first-order chi connectivity index (χ1) is 38.7. The van der Waals surface area contributed by atoms with E-state index < -0.39 is 0 Å². The monoisotopic (exact) mass is 992 g/mol. The number of anilines is 6. The third-order valence-corrected chi connectivity index (χ3v) is 15.4. The molecule has 0 aliphatic carbocycles. The molecule has 366 valence electrons. The van der Waals surface area contributed by atoms with Crippen LogP contribution in [-0.4, -0.2) is 0 Å². The third kappa shape index (κ3) is 8.72. The first kappa shape index (κ1) is 46.3. The Labute approximate surface area is 455 Å². The van der Waals surface area contributed by atoms with Crippen molar-refractivity contribution in [3.63, 3.8) is 0 Å². The Bertz CT molecular complexity index is 3980. The average molecular weight is 993 g/mol. The summed E-state index contributed by atoms with van der Waals surface area (Å²) >= 11 is 0. The van der Waals surface area contributed by atoms with Crippen molar-refractivity contribution in [2.24, 2.45) is 0 Å². The number of hydrogen-bond acceptors (Lipinski definition) is 2. The summed E-state index contributed by atoms with van der Waals surface area (Å²) in [5.41, 5.74) is 18.1. The highest BCUT2D eigenvalue weighted by Crippen LogP contribution is 2.48. The molecule has 0 aliphatic rings. The molecule has 0 heterocycles. The summed E-state index contributed by atoms with van der Waals surface area (Å²) in [7, 11) is 0. The van der Waals surface area contributed by atoms with Gasteiger partial charge in [-0.05, 0) is 149 Å². The zero-order valence-electron chi connectivity index (χ0n) is 42.9. The van der Waals surface area contributed by atoms with Gasteiger partial charge in [0.1, 0.15) is 0 Å². The molecule has 0 aliphatic heterocycles. The Balaban J connectivity index is 0.881. The van der Waals surface area contributed by atoms with Crippen molar-refractivity contribution >= 4 is 77.2 Å². The molecule has 14 rings (SSSR count). The predicted molar refractivity (Wildman–Crippen MR) is 333 cm³/mol. The molecule has 0 saturated heterocycles. The van der Waals surface area contributed by atoms with Gasteiger partial charge in [-0.25, -0.2) is 0 Å². The van der Waals surface area contributed by atoms with Gasteiger partial charge in [0, 0.05) is 33.6 Å². The van der Waals surface area contributed by atoms with E-state index in [-0.39, 0.29) is 0 Å². The average Bonchev–Trinajstić information content (AvgIpc) is 3.60. The fraction of sp³-hybridized carbons (Fsp3) is 0. The van der Waals surface area contributed by atoms with Gasteiger partial charge in [-0.1, -0.05) is 243 Å². The molecular weight excluding hydrogens is 941 g/mol. The van der Waals surface area contributed by atoms with Crippen molar-refractivity contribution < 1.29 is 0 Å². The number of rotatable bonds is 11. The van der Waals surface area contributed by atoms with Crippen LogP contribution in [0, 0.1) is 0 Å². The lowest BCUT2D eigenvalue weighted by atomic mass is 9.96. The fourth-order valence-corrected chi connectivity index (χ4v) is 11.5. The first-order valence-electron chi connectivity index (χ1n) is 26.8. The number of fused-ring (bicyclic) bond motifs is 4. The van der Waals surface area contributed by atoms with Gasteiger partial charge >= 0.3 is 0 Å². The van der Waals surface area contributed by atoms with Crippen LogP contribution in [0.3, 0.4) is 0 Å². The quantitative estimate of drug-likeness (QED) is 0.127. The maximum absolute atomic E-state index is 2.44. The molecule has 2 nitrogen and oxygen atoms in total. The van der Waals surface area contributed by atoms with E-state index in [9.17, 15) is 0 Å². The normalized spacial score (nSPS) is 11.3. The number of benzene rings is 14. The van der Waals surface area contributed by atoms with Gasteiger partial charge in [-0.15, -0.1) is 0 Å². The molecule has 2 heteroatoms. The summed E-state index contributed by atoms with van der Waals surface area (Å²) in [4.78, 5) is 4.89. The van der Waals surface area contributed by atoms with Crippen LogP contribution in [0.5, 0.6) is 0 Å². The van der Waals surface area contributed by atoms with Crippen LogP contribution in [0.1, 0.15) is 0 Å². The van der Waals surface area contributed by atoms with Crippen molar-refractivity contribution in [3.05, 3.63) is 315 Å². The molecule has 14 aromatic rings. The van der Waals surface area contributed by atoms with Crippen LogP contribution in [0.4, 0.5) is 34.1 Å². The maximum atomic E-state index is 2.44. The van der Waals surface area contributed by atoms with E-state index in [1.165, 1.54) is 65.3 Å². The van der Waals surface area contributed by atoms with Gasteiger partial charge in [0.15, 0.2) is 0 Å². The molecule has 0 amide bonds. The Morgan fingerprint density at radius 1 is 0.154 bits per heavy atom. The molecule has 0 unspecified atom stereocenters. The number of para-hydroxylation sites is 4. The second-order valence-corrected chi connectivity index (χ2v) is 20.1. The summed E-state index contributed by atoms with van der Waals surface area (Å²) in [6.45, 7) is 0. The summed E-state index contributed by atoms with van der Waals surface area (Å²) in [6, 6.07) is 115. The summed E-state index contributed by atoms with van der Waals surface area (Å²) < 4.78 is 0. The van der Waals surface area contributed by atoms with E-state index >= 15 is 0 Å². The van der Waals surface area contributed by atoms with Gasteiger partial charge in [0.2, 0.25) is 0 Å². The molecule has 0 aromatic heterocycles. The molecule has 0 N–H and O–H groups in total. The van der Waals surface area contributed by atoms with Crippen molar-refractivity contribution in [3.8, 4) is 55.6 Å². The molecule has 78 heavy (non-hydrogen) atoms. The first-order valence-corrected chi connectivity index (χ1v) is 26.8. The number of hydrogen-bond donors (Lipinski definition) is 0. The van der Waals surface area contributed by atoms with E-state index in [0.29, 0.717) is 0 Å². The molecule has 0 atom stereocenters. The lowest BCUT2D eigenvalue weighted by Crippen LogP contribution is -2.12. The highest BCUT2D eigenvalue weighted by Gasteiger charge is 2.23. The van der Waals surface area contributed by atoms with Crippen LogP contribution < -0.4 is 9.80 Å². The smallest absolute Gasteiger partial charge is 0.0540 e. The van der Waals surface area contributed by atoms with Gasteiger partial charge in [0.25, 0.3) is 0 Å². The molecule has 0 bridgehead atoms. The van der Waals surface area contributed by atoms with Crippen LogP contribution in [0.15, 0.2) is 315 Å². The van der Waals surface area contributed by atoms with Crippen LogP contribution in [0.25, 0.3) is 98.7 Å². The van der Waals surface area contributed by atoms with Crippen molar-refractivity contribution in [2.45, 2.75) is 0 Å². The second-order valence-electron chi connectivity index (χ2n) is 20.1. The van der Waals surface area contributed by atoms with Crippen LogP contribution >= 0.6 is 0 Å². The summed E-state index contributed by atoms with van der Waals surface area (Å²) in [6.07, 6.45) is 0. The predicted octanol–water partition coefficient (Wildman–Crippen LogP) is 21.6. The molecule has 0 radical (unpaired) electrons. The van der Waals surface area contributed by atoms with E-state index in [4.69, 9.17) is 0 Å². The highest BCUT2D eigenvalue weighted by atomic mass is 15.2. The minimum atomic E-state index is 1.07. The minimum absolute atomic E-state index is 1.07. The molecule has 0 saturated carbocycles. The lowest BCUT2D eigenvalue weighted by molar-refractivity contribution is 1.28. The molecular formula is C76H52N2. The summed E-state index contributed by atoms with van der Waals surface area (Å²) in [5, 5.41) is 9.78. The van der Waals surface area contributed by atoms with Gasteiger partial charge in [0.05, 0.1) is 22.7 Å². The third-order valence-electron chi connectivity index (χ3n) is 15.4. The molecule has 14 aromatic carbocycles. The van der Waals surface area contributed by atoms with Gasteiger partial charge < -0.3 is 9.80 Å². The van der Waals surface area contributed by atoms with Crippen molar-refractivity contribution in [1.82, 2.24) is 0 Å². The Kier molecular flexibility index (Phi) is 11.9. The Hall–Kier alpha value is -10.3. The van der Waals surface area contributed by atoms with Gasteiger partial charge in [-0.3, -0.25) is 0 Å². The van der Waals surface area contributed by atoms with E-state index in [1.807, 2.05) is 0 Å². The summed E-state index contributed by atoms with van der Waals surface area (Å²) in [5.74, 6) is 0.